The summed E-state index contributed by atoms with van der Waals surface area (Å²) in [5.74, 6) is 0. The summed E-state index contributed by atoms with van der Waals surface area (Å²) in [5.41, 5.74) is 0.765. The minimum atomic E-state index is -3.45. The molecule has 20 heavy (non-hydrogen) atoms. The monoisotopic (exact) mass is 298 g/mol. The van der Waals surface area contributed by atoms with E-state index in [2.05, 4.69) is 4.90 Å². The lowest BCUT2D eigenvalue weighted by atomic mass is 10.2. The van der Waals surface area contributed by atoms with E-state index in [0.29, 0.717) is 18.0 Å². The highest BCUT2D eigenvalue weighted by molar-refractivity contribution is 7.89. The highest BCUT2D eigenvalue weighted by Crippen LogP contribution is 2.19. The first-order valence-corrected chi connectivity index (χ1v) is 8.17. The Kier molecular flexibility index (Phi) is 4.80. The summed E-state index contributed by atoms with van der Waals surface area (Å²) in [6.07, 6.45) is -0.0717. The molecular weight excluding hydrogens is 276 g/mol. The van der Waals surface area contributed by atoms with Gasteiger partial charge in [-0.1, -0.05) is 18.2 Å². The molecule has 1 aromatic carbocycles. The standard InChI is InChI=1S/C14H22N2O3S/c1-12-6-4-5-7-14(12)20(17,18)16(3)11-13-10-15(2)8-9-19-13/h4-7,13H,8-11H2,1-3H3. The van der Waals surface area contributed by atoms with E-state index in [1.54, 1.807) is 19.2 Å². The smallest absolute Gasteiger partial charge is 0.243 e. The molecule has 0 saturated carbocycles. The molecule has 1 aromatic rings. The second kappa shape index (κ2) is 6.22. The van der Waals surface area contributed by atoms with Crippen molar-refractivity contribution in [2.75, 3.05) is 40.3 Å². The molecule has 1 aliphatic heterocycles. The fourth-order valence-electron chi connectivity index (χ4n) is 2.38. The van der Waals surface area contributed by atoms with Crippen molar-refractivity contribution in [2.45, 2.75) is 17.9 Å². The summed E-state index contributed by atoms with van der Waals surface area (Å²) in [4.78, 5) is 2.52. The lowest BCUT2D eigenvalue weighted by Crippen LogP contribution is -2.46. The van der Waals surface area contributed by atoms with E-state index < -0.39 is 10.0 Å². The van der Waals surface area contributed by atoms with Gasteiger partial charge in [-0.3, -0.25) is 0 Å². The first-order chi connectivity index (χ1) is 9.41. The van der Waals surface area contributed by atoms with Crippen LogP contribution in [0.25, 0.3) is 0 Å². The summed E-state index contributed by atoms with van der Waals surface area (Å²) in [5, 5.41) is 0. The van der Waals surface area contributed by atoms with Gasteiger partial charge in [-0.25, -0.2) is 8.42 Å². The molecule has 1 heterocycles. The van der Waals surface area contributed by atoms with E-state index in [4.69, 9.17) is 4.74 Å². The van der Waals surface area contributed by atoms with Crippen LogP contribution in [0.4, 0.5) is 0 Å². The Morgan fingerprint density at radius 1 is 1.40 bits per heavy atom. The number of hydrogen-bond donors (Lipinski definition) is 0. The van der Waals surface area contributed by atoms with Crippen LogP contribution in [0.2, 0.25) is 0 Å². The molecule has 0 aromatic heterocycles. The van der Waals surface area contributed by atoms with Crippen LogP contribution < -0.4 is 0 Å². The molecule has 0 amide bonds. The van der Waals surface area contributed by atoms with Crippen LogP contribution in [-0.2, 0) is 14.8 Å². The summed E-state index contributed by atoms with van der Waals surface area (Å²) in [6.45, 7) is 4.49. The van der Waals surface area contributed by atoms with Gasteiger partial charge in [-0.2, -0.15) is 4.31 Å². The van der Waals surface area contributed by atoms with E-state index >= 15 is 0 Å². The molecule has 1 unspecified atom stereocenters. The summed E-state index contributed by atoms with van der Waals surface area (Å²) < 4.78 is 32.2. The Labute approximate surface area is 121 Å². The number of nitrogens with zero attached hydrogens (tertiary/aromatic N) is 2. The Morgan fingerprint density at radius 3 is 2.75 bits per heavy atom. The van der Waals surface area contributed by atoms with E-state index in [-0.39, 0.29) is 6.10 Å². The van der Waals surface area contributed by atoms with Gasteiger partial charge in [0.15, 0.2) is 0 Å². The van der Waals surface area contributed by atoms with E-state index in [1.807, 2.05) is 26.1 Å². The number of ether oxygens (including phenoxy) is 1. The van der Waals surface area contributed by atoms with Crippen molar-refractivity contribution >= 4 is 10.0 Å². The predicted molar refractivity (Wildman–Crippen MR) is 78.2 cm³/mol. The van der Waals surface area contributed by atoms with Crippen LogP contribution in [0.1, 0.15) is 5.56 Å². The van der Waals surface area contributed by atoms with Gasteiger partial charge in [-0.15, -0.1) is 0 Å². The first-order valence-electron chi connectivity index (χ1n) is 6.73. The van der Waals surface area contributed by atoms with Crippen molar-refractivity contribution in [1.29, 1.82) is 0 Å². The van der Waals surface area contributed by atoms with Crippen LogP contribution in [0.15, 0.2) is 29.2 Å². The van der Waals surface area contributed by atoms with E-state index in [9.17, 15) is 8.42 Å². The zero-order valence-corrected chi connectivity index (χ0v) is 13.1. The first kappa shape index (κ1) is 15.4. The van der Waals surface area contributed by atoms with Crippen LogP contribution >= 0.6 is 0 Å². The van der Waals surface area contributed by atoms with Crippen molar-refractivity contribution in [2.24, 2.45) is 0 Å². The average Bonchev–Trinajstić information content (AvgIpc) is 2.39. The fourth-order valence-corrected chi connectivity index (χ4v) is 3.80. The Hall–Kier alpha value is -0.950. The van der Waals surface area contributed by atoms with Gasteiger partial charge in [0.05, 0.1) is 17.6 Å². The third-order valence-corrected chi connectivity index (χ3v) is 5.57. The maximum atomic E-state index is 12.6. The largest absolute Gasteiger partial charge is 0.374 e. The quantitative estimate of drug-likeness (QED) is 0.830. The lowest BCUT2D eigenvalue weighted by molar-refractivity contribution is -0.0247. The topological polar surface area (TPSA) is 49.9 Å². The van der Waals surface area contributed by atoms with Gasteiger partial charge in [0.2, 0.25) is 10.0 Å². The Bertz CT molecular complexity index is 559. The molecule has 0 N–H and O–H groups in total. The van der Waals surface area contributed by atoms with Gasteiger partial charge in [0.1, 0.15) is 0 Å². The average molecular weight is 298 g/mol. The van der Waals surface area contributed by atoms with E-state index in [1.165, 1.54) is 4.31 Å². The van der Waals surface area contributed by atoms with Gasteiger partial charge in [-0.05, 0) is 25.6 Å². The Balaban J connectivity index is 2.11. The second-order valence-corrected chi connectivity index (χ2v) is 7.32. The van der Waals surface area contributed by atoms with Crippen molar-refractivity contribution in [1.82, 2.24) is 9.21 Å². The summed E-state index contributed by atoms with van der Waals surface area (Å²) >= 11 is 0. The maximum Gasteiger partial charge on any atom is 0.243 e. The second-order valence-electron chi connectivity index (χ2n) is 5.31. The minimum Gasteiger partial charge on any atom is -0.374 e. The SMILES string of the molecule is Cc1ccccc1S(=O)(=O)N(C)CC1CN(C)CCO1. The number of likely N-dealkylation sites (N-methyl/N-ethyl adjacent to an activating group) is 2. The normalized spacial score (nSPS) is 21.3. The molecule has 6 heteroatoms. The molecule has 2 rings (SSSR count). The molecule has 0 radical (unpaired) electrons. The zero-order chi connectivity index (χ0) is 14.8. The fraction of sp³-hybridized carbons (Fsp3) is 0.571. The molecule has 1 aliphatic rings. The molecule has 0 aliphatic carbocycles. The molecule has 0 spiro atoms. The van der Waals surface area contributed by atoms with Crippen LogP contribution in [0.3, 0.4) is 0 Å². The molecule has 112 valence electrons. The molecular formula is C14H22N2O3S. The van der Waals surface area contributed by atoms with Crippen molar-refractivity contribution in [3.8, 4) is 0 Å². The molecule has 1 atom stereocenters. The maximum absolute atomic E-state index is 12.6. The van der Waals surface area contributed by atoms with Crippen LogP contribution in [-0.4, -0.2) is 64.1 Å². The minimum absolute atomic E-state index is 0.0717. The van der Waals surface area contributed by atoms with Gasteiger partial charge >= 0.3 is 0 Å². The van der Waals surface area contributed by atoms with Gasteiger partial charge < -0.3 is 9.64 Å². The number of sulfonamides is 1. The summed E-state index contributed by atoms with van der Waals surface area (Å²) in [6, 6.07) is 7.05. The molecule has 5 nitrogen and oxygen atoms in total. The highest BCUT2D eigenvalue weighted by atomic mass is 32.2. The number of rotatable bonds is 4. The van der Waals surface area contributed by atoms with Gasteiger partial charge in [0, 0.05) is 26.7 Å². The number of benzene rings is 1. The van der Waals surface area contributed by atoms with Crippen molar-refractivity contribution in [3.05, 3.63) is 29.8 Å². The van der Waals surface area contributed by atoms with E-state index in [0.717, 1.165) is 18.7 Å². The zero-order valence-electron chi connectivity index (χ0n) is 12.2. The van der Waals surface area contributed by atoms with Gasteiger partial charge in [0.25, 0.3) is 0 Å². The molecule has 0 bridgehead atoms. The van der Waals surface area contributed by atoms with Crippen molar-refractivity contribution < 1.29 is 13.2 Å². The number of hydrogen-bond acceptors (Lipinski definition) is 4. The molecule has 1 saturated heterocycles. The highest BCUT2D eigenvalue weighted by Gasteiger charge is 2.27. The third-order valence-electron chi connectivity index (χ3n) is 3.58. The lowest BCUT2D eigenvalue weighted by Gasteiger charge is -2.32. The third kappa shape index (κ3) is 3.38. The Morgan fingerprint density at radius 2 is 2.10 bits per heavy atom. The van der Waals surface area contributed by atoms with Crippen molar-refractivity contribution in [3.63, 3.8) is 0 Å². The molecule has 1 fully saturated rings. The van der Waals surface area contributed by atoms with Crippen LogP contribution in [0.5, 0.6) is 0 Å². The number of morpholine rings is 1. The van der Waals surface area contributed by atoms with Crippen LogP contribution in [0, 0.1) is 6.92 Å². The summed E-state index contributed by atoms with van der Waals surface area (Å²) in [7, 11) is 0.178. The number of aryl methyl sites for hydroxylation is 1. The predicted octanol–water partition coefficient (Wildman–Crippen LogP) is 0.946.